The van der Waals surface area contributed by atoms with Gasteiger partial charge in [0.1, 0.15) is 5.82 Å². The first-order valence-corrected chi connectivity index (χ1v) is 6.73. The molecule has 1 fully saturated rings. The lowest BCUT2D eigenvalue weighted by atomic mass is 9.90. The van der Waals surface area contributed by atoms with Crippen molar-refractivity contribution in [2.45, 2.75) is 25.3 Å². The topological polar surface area (TPSA) is 35.2 Å². The van der Waals surface area contributed by atoms with Gasteiger partial charge in [0, 0.05) is 17.1 Å². The minimum absolute atomic E-state index is 0.0222. The van der Waals surface area contributed by atoms with E-state index in [9.17, 15) is 4.39 Å². The van der Waals surface area contributed by atoms with Crippen LogP contribution in [-0.2, 0) is 11.2 Å². The molecule has 0 aromatic heterocycles. The van der Waals surface area contributed by atoms with E-state index in [1.165, 1.54) is 6.07 Å². The van der Waals surface area contributed by atoms with E-state index in [1.54, 1.807) is 6.07 Å². The molecule has 1 aromatic carbocycles. The number of hydrogen-bond donors (Lipinski definition) is 1. The normalized spacial score (nSPS) is 22.4. The van der Waals surface area contributed by atoms with Crippen molar-refractivity contribution in [2.24, 2.45) is 11.7 Å². The molecule has 17 heavy (non-hydrogen) atoms. The van der Waals surface area contributed by atoms with Gasteiger partial charge >= 0.3 is 0 Å². The van der Waals surface area contributed by atoms with Crippen LogP contribution in [0.5, 0.6) is 0 Å². The Hall–Kier alpha value is -0.450. The van der Waals surface area contributed by atoms with E-state index in [1.807, 2.05) is 6.07 Å². The molecule has 0 spiro atoms. The Morgan fingerprint density at radius 1 is 1.53 bits per heavy atom. The maximum Gasteiger partial charge on any atom is 0.127 e. The summed E-state index contributed by atoms with van der Waals surface area (Å²) in [4.78, 5) is 0. The second-order valence-corrected chi connectivity index (χ2v) is 5.50. The van der Waals surface area contributed by atoms with Gasteiger partial charge in [-0.15, -0.1) is 0 Å². The van der Waals surface area contributed by atoms with Crippen LogP contribution in [0.25, 0.3) is 0 Å². The molecule has 0 saturated carbocycles. The fourth-order valence-electron chi connectivity index (χ4n) is 2.21. The highest BCUT2D eigenvalue weighted by Gasteiger charge is 2.22. The molecule has 0 radical (unpaired) electrons. The highest BCUT2D eigenvalue weighted by Crippen LogP contribution is 2.21. The molecular formula is C13H17BrFNO. The van der Waals surface area contributed by atoms with Crippen molar-refractivity contribution in [3.63, 3.8) is 0 Å². The van der Waals surface area contributed by atoms with Gasteiger partial charge in [-0.1, -0.05) is 22.0 Å². The van der Waals surface area contributed by atoms with E-state index in [0.717, 1.165) is 23.9 Å². The van der Waals surface area contributed by atoms with Crippen LogP contribution in [0.3, 0.4) is 0 Å². The standard InChI is InChI=1S/C13H17BrFNO/c14-11-4-3-9(12(15)7-11)6-13(16)10-2-1-5-17-8-10/h3-4,7,10,13H,1-2,5-6,8,16H2. The summed E-state index contributed by atoms with van der Waals surface area (Å²) in [6, 6.07) is 5.11. The zero-order valence-electron chi connectivity index (χ0n) is 9.66. The highest BCUT2D eigenvalue weighted by molar-refractivity contribution is 9.10. The fourth-order valence-corrected chi connectivity index (χ4v) is 2.54. The SMILES string of the molecule is NC(Cc1ccc(Br)cc1F)C1CCCOC1. The third kappa shape index (κ3) is 3.50. The van der Waals surface area contributed by atoms with Gasteiger partial charge in [0.15, 0.2) is 0 Å². The van der Waals surface area contributed by atoms with Gasteiger partial charge in [0.25, 0.3) is 0 Å². The van der Waals surface area contributed by atoms with E-state index < -0.39 is 0 Å². The zero-order valence-corrected chi connectivity index (χ0v) is 11.2. The molecule has 1 aliphatic heterocycles. The molecule has 2 N–H and O–H groups in total. The molecule has 0 amide bonds. The minimum Gasteiger partial charge on any atom is -0.381 e. The van der Waals surface area contributed by atoms with Crippen molar-refractivity contribution < 1.29 is 9.13 Å². The average molecular weight is 302 g/mol. The van der Waals surface area contributed by atoms with Crippen molar-refractivity contribution in [3.05, 3.63) is 34.1 Å². The van der Waals surface area contributed by atoms with Crippen LogP contribution in [0.15, 0.2) is 22.7 Å². The smallest absolute Gasteiger partial charge is 0.127 e. The maximum atomic E-state index is 13.7. The number of ether oxygens (including phenoxy) is 1. The molecule has 2 nitrogen and oxygen atoms in total. The Kier molecular flexibility index (Phi) is 4.54. The Morgan fingerprint density at radius 2 is 2.35 bits per heavy atom. The summed E-state index contributed by atoms with van der Waals surface area (Å²) in [5.41, 5.74) is 6.82. The summed E-state index contributed by atoms with van der Waals surface area (Å²) < 4.78 is 19.8. The van der Waals surface area contributed by atoms with Crippen molar-refractivity contribution in [3.8, 4) is 0 Å². The van der Waals surface area contributed by atoms with Gasteiger partial charge in [0.2, 0.25) is 0 Å². The first-order chi connectivity index (χ1) is 8.16. The lowest BCUT2D eigenvalue weighted by Crippen LogP contribution is -2.37. The van der Waals surface area contributed by atoms with E-state index in [0.29, 0.717) is 24.5 Å². The van der Waals surface area contributed by atoms with Crippen molar-refractivity contribution in [1.82, 2.24) is 0 Å². The summed E-state index contributed by atoms with van der Waals surface area (Å²) >= 11 is 3.25. The lowest BCUT2D eigenvalue weighted by Gasteiger charge is -2.27. The van der Waals surface area contributed by atoms with Crippen LogP contribution in [0.1, 0.15) is 18.4 Å². The Balaban J connectivity index is 1.99. The van der Waals surface area contributed by atoms with Crippen LogP contribution in [0.4, 0.5) is 4.39 Å². The molecule has 94 valence electrons. The Bertz CT molecular complexity index is 380. The largest absolute Gasteiger partial charge is 0.381 e. The number of hydrogen-bond acceptors (Lipinski definition) is 2. The summed E-state index contributed by atoms with van der Waals surface area (Å²) in [6.45, 7) is 1.54. The van der Waals surface area contributed by atoms with Gasteiger partial charge in [-0.25, -0.2) is 4.39 Å². The van der Waals surface area contributed by atoms with Gasteiger partial charge in [-0.3, -0.25) is 0 Å². The molecular weight excluding hydrogens is 285 g/mol. The molecule has 2 unspecified atom stereocenters. The van der Waals surface area contributed by atoms with Crippen LogP contribution in [-0.4, -0.2) is 19.3 Å². The molecule has 4 heteroatoms. The molecule has 2 rings (SSSR count). The number of halogens is 2. The quantitative estimate of drug-likeness (QED) is 0.932. The van der Waals surface area contributed by atoms with E-state index in [2.05, 4.69) is 15.9 Å². The molecule has 0 aliphatic carbocycles. The van der Waals surface area contributed by atoms with Gasteiger partial charge in [-0.05, 0) is 42.9 Å². The molecule has 1 saturated heterocycles. The summed E-state index contributed by atoms with van der Waals surface area (Å²) in [5.74, 6) is 0.165. The third-order valence-electron chi connectivity index (χ3n) is 3.27. The second-order valence-electron chi connectivity index (χ2n) is 4.58. The van der Waals surface area contributed by atoms with Crippen molar-refractivity contribution in [1.29, 1.82) is 0 Å². The van der Waals surface area contributed by atoms with E-state index in [4.69, 9.17) is 10.5 Å². The molecule has 1 heterocycles. The number of nitrogens with two attached hydrogens (primary N) is 1. The lowest BCUT2D eigenvalue weighted by molar-refractivity contribution is 0.0449. The average Bonchev–Trinajstić information content (AvgIpc) is 2.34. The van der Waals surface area contributed by atoms with Crippen LogP contribution in [0.2, 0.25) is 0 Å². The number of rotatable bonds is 3. The number of benzene rings is 1. The van der Waals surface area contributed by atoms with Gasteiger partial charge in [0.05, 0.1) is 6.61 Å². The van der Waals surface area contributed by atoms with Crippen LogP contribution < -0.4 is 5.73 Å². The molecule has 1 aromatic rings. The Morgan fingerprint density at radius 3 is 3.00 bits per heavy atom. The maximum absolute atomic E-state index is 13.7. The first-order valence-electron chi connectivity index (χ1n) is 5.94. The summed E-state index contributed by atoms with van der Waals surface area (Å²) in [5, 5.41) is 0. The second kappa shape index (κ2) is 5.94. The summed E-state index contributed by atoms with van der Waals surface area (Å²) in [7, 11) is 0. The Labute approximate surface area is 109 Å². The molecule has 1 aliphatic rings. The first kappa shape index (κ1) is 13.0. The minimum atomic E-state index is -0.188. The van der Waals surface area contributed by atoms with Crippen molar-refractivity contribution in [2.75, 3.05) is 13.2 Å². The van der Waals surface area contributed by atoms with E-state index >= 15 is 0 Å². The third-order valence-corrected chi connectivity index (χ3v) is 3.76. The monoisotopic (exact) mass is 301 g/mol. The van der Waals surface area contributed by atoms with Gasteiger partial charge < -0.3 is 10.5 Å². The van der Waals surface area contributed by atoms with E-state index in [-0.39, 0.29) is 11.9 Å². The summed E-state index contributed by atoms with van der Waals surface area (Å²) in [6.07, 6.45) is 2.72. The predicted octanol–water partition coefficient (Wildman–Crippen LogP) is 2.88. The molecule has 0 bridgehead atoms. The van der Waals surface area contributed by atoms with Crippen molar-refractivity contribution >= 4 is 15.9 Å². The van der Waals surface area contributed by atoms with Crippen LogP contribution >= 0.6 is 15.9 Å². The zero-order chi connectivity index (χ0) is 12.3. The predicted molar refractivity (Wildman–Crippen MR) is 69.3 cm³/mol. The van der Waals surface area contributed by atoms with Crippen LogP contribution in [0, 0.1) is 11.7 Å². The van der Waals surface area contributed by atoms with Gasteiger partial charge in [-0.2, -0.15) is 0 Å². The molecule has 2 atom stereocenters. The fraction of sp³-hybridized carbons (Fsp3) is 0.538. The highest BCUT2D eigenvalue weighted by atomic mass is 79.9.